The molecule has 1 aliphatic rings. The topological polar surface area (TPSA) is 50.4 Å². The number of hydrogen-bond acceptors (Lipinski definition) is 3. The van der Waals surface area contributed by atoms with Gasteiger partial charge in [0.1, 0.15) is 0 Å². The van der Waals surface area contributed by atoms with Crippen LogP contribution >= 0.6 is 0 Å². The first kappa shape index (κ1) is 13.8. The molecule has 1 fully saturated rings. The Balaban J connectivity index is 2.01. The SMILES string of the molecule is COc1cc(NC(=O)C2CCCCCN2)ccc1F. The molecule has 5 heteroatoms. The largest absolute Gasteiger partial charge is 0.494 e. The predicted octanol–water partition coefficient (Wildman–Crippen LogP) is 2.31. The summed E-state index contributed by atoms with van der Waals surface area (Å²) in [6.07, 6.45) is 4.15. The van der Waals surface area contributed by atoms with Gasteiger partial charge in [-0.1, -0.05) is 12.8 Å². The number of nitrogens with one attached hydrogen (secondary N) is 2. The van der Waals surface area contributed by atoms with E-state index >= 15 is 0 Å². The lowest BCUT2D eigenvalue weighted by atomic mass is 10.1. The van der Waals surface area contributed by atoms with Crippen LogP contribution < -0.4 is 15.4 Å². The van der Waals surface area contributed by atoms with Crippen LogP contribution in [0.15, 0.2) is 18.2 Å². The zero-order chi connectivity index (χ0) is 13.7. The third kappa shape index (κ3) is 3.67. The normalized spacial score (nSPS) is 19.6. The quantitative estimate of drug-likeness (QED) is 0.882. The molecule has 1 amide bonds. The molecular weight excluding hydrogens is 247 g/mol. The third-order valence-corrected chi connectivity index (χ3v) is 3.30. The van der Waals surface area contributed by atoms with Gasteiger partial charge in [-0.2, -0.15) is 0 Å². The zero-order valence-corrected chi connectivity index (χ0v) is 11.0. The van der Waals surface area contributed by atoms with Crippen molar-refractivity contribution in [3.63, 3.8) is 0 Å². The summed E-state index contributed by atoms with van der Waals surface area (Å²) in [5.41, 5.74) is 0.550. The summed E-state index contributed by atoms with van der Waals surface area (Å²) in [6, 6.07) is 4.14. The summed E-state index contributed by atoms with van der Waals surface area (Å²) in [5.74, 6) is -0.379. The number of carbonyl (C=O) groups is 1. The Labute approximate surface area is 112 Å². The van der Waals surface area contributed by atoms with Crippen molar-refractivity contribution in [1.82, 2.24) is 5.32 Å². The molecule has 0 spiro atoms. The van der Waals surface area contributed by atoms with Gasteiger partial charge in [-0.05, 0) is 31.5 Å². The molecule has 0 aromatic heterocycles. The average molecular weight is 266 g/mol. The van der Waals surface area contributed by atoms with Crippen molar-refractivity contribution in [1.29, 1.82) is 0 Å². The molecule has 1 aliphatic heterocycles. The fraction of sp³-hybridized carbons (Fsp3) is 0.500. The second-order valence-corrected chi connectivity index (χ2v) is 4.69. The van der Waals surface area contributed by atoms with Crippen LogP contribution in [0.3, 0.4) is 0 Å². The minimum atomic E-state index is -0.437. The van der Waals surface area contributed by atoms with Gasteiger partial charge in [0, 0.05) is 11.8 Å². The lowest BCUT2D eigenvalue weighted by Crippen LogP contribution is -2.39. The monoisotopic (exact) mass is 266 g/mol. The van der Waals surface area contributed by atoms with Gasteiger partial charge in [0.05, 0.1) is 13.2 Å². The van der Waals surface area contributed by atoms with Gasteiger partial charge in [0.25, 0.3) is 0 Å². The Morgan fingerprint density at radius 3 is 3.05 bits per heavy atom. The highest BCUT2D eigenvalue weighted by atomic mass is 19.1. The van der Waals surface area contributed by atoms with Crippen LogP contribution in [0.5, 0.6) is 5.75 Å². The van der Waals surface area contributed by atoms with E-state index in [1.165, 1.54) is 25.3 Å². The number of anilines is 1. The van der Waals surface area contributed by atoms with E-state index in [0.717, 1.165) is 32.2 Å². The number of ether oxygens (including phenoxy) is 1. The minimum absolute atomic E-state index is 0.0736. The fourth-order valence-electron chi connectivity index (χ4n) is 2.22. The molecule has 19 heavy (non-hydrogen) atoms. The maximum Gasteiger partial charge on any atom is 0.241 e. The number of rotatable bonds is 3. The smallest absolute Gasteiger partial charge is 0.241 e. The van der Waals surface area contributed by atoms with E-state index in [1.54, 1.807) is 0 Å². The Morgan fingerprint density at radius 2 is 2.26 bits per heavy atom. The molecule has 1 heterocycles. The van der Waals surface area contributed by atoms with E-state index in [9.17, 15) is 9.18 Å². The highest BCUT2D eigenvalue weighted by Gasteiger charge is 2.19. The lowest BCUT2D eigenvalue weighted by molar-refractivity contribution is -0.118. The van der Waals surface area contributed by atoms with Crippen molar-refractivity contribution < 1.29 is 13.9 Å². The Hall–Kier alpha value is -1.62. The van der Waals surface area contributed by atoms with Crippen LogP contribution in [0.25, 0.3) is 0 Å². The van der Waals surface area contributed by atoms with Crippen LogP contribution in [0.1, 0.15) is 25.7 Å². The summed E-state index contributed by atoms with van der Waals surface area (Å²) in [6.45, 7) is 0.866. The van der Waals surface area contributed by atoms with Crippen molar-refractivity contribution in [2.24, 2.45) is 0 Å². The van der Waals surface area contributed by atoms with E-state index in [-0.39, 0.29) is 17.7 Å². The van der Waals surface area contributed by atoms with Crippen molar-refractivity contribution >= 4 is 11.6 Å². The maximum atomic E-state index is 13.3. The number of benzene rings is 1. The molecule has 1 aromatic rings. The summed E-state index contributed by atoms with van der Waals surface area (Å²) in [5, 5.41) is 6.02. The van der Waals surface area contributed by atoms with Gasteiger partial charge < -0.3 is 15.4 Å². The van der Waals surface area contributed by atoms with E-state index in [4.69, 9.17) is 4.74 Å². The van der Waals surface area contributed by atoms with Gasteiger partial charge in [-0.15, -0.1) is 0 Å². The summed E-state index contributed by atoms with van der Waals surface area (Å²) in [4.78, 5) is 12.1. The molecule has 1 atom stereocenters. The first-order chi connectivity index (χ1) is 9.20. The van der Waals surface area contributed by atoms with E-state index in [2.05, 4.69) is 10.6 Å². The van der Waals surface area contributed by atoms with Crippen LogP contribution in [-0.2, 0) is 4.79 Å². The van der Waals surface area contributed by atoms with Crippen molar-refractivity contribution in [2.75, 3.05) is 19.0 Å². The zero-order valence-electron chi connectivity index (χ0n) is 11.0. The molecule has 0 bridgehead atoms. The molecule has 0 saturated carbocycles. The fourth-order valence-corrected chi connectivity index (χ4v) is 2.22. The van der Waals surface area contributed by atoms with Gasteiger partial charge in [0.15, 0.2) is 11.6 Å². The number of amides is 1. The highest BCUT2D eigenvalue weighted by molar-refractivity contribution is 5.95. The molecular formula is C14H19FN2O2. The van der Waals surface area contributed by atoms with Crippen LogP contribution in [0.2, 0.25) is 0 Å². The molecule has 1 unspecified atom stereocenters. The number of hydrogen-bond donors (Lipinski definition) is 2. The van der Waals surface area contributed by atoms with Gasteiger partial charge in [0.2, 0.25) is 5.91 Å². The molecule has 1 aromatic carbocycles. The third-order valence-electron chi connectivity index (χ3n) is 3.30. The highest BCUT2D eigenvalue weighted by Crippen LogP contribution is 2.22. The second kappa shape index (κ2) is 6.52. The maximum absolute atomic E-state index is 13.3. The summed E-state index contributed by atoms with van der Waals surface area (Å²) >= 11 is 0. The Bertz CT molecular complexity index is 443. The van der Waals surface area contributed by atoms with Gasteiger partial charge >= 0.3 is 0 Å². The molecule has 1 saturated heterocycles. The minimum Gasteiger partial charge on any atom is -0.494 e. The average Bonchev–Trinajstić information content (AvgIpc) is 2.70. The van der Waals surface area contributed by atoms with E-state index in [1.807, 2.05) is 0 Å². The van der Waals surface area contributed by atoms with Crippen LogP contribution in [0, 0.1) is 5.82 Å². The first-order valence-corrected chi connectivity index (χ1v) is 6.58. The Morgan fingerprint density at radius 1 is 1.42 bits per heavy atom. The molecule has 2 N–H and O–H groups in total. The Kier molecular flexibility index (Phi) is 4.74. The number of halogens is 1. The standard InChI is InChI=1S/C14H19FN2O2/c1-19-13-9-10(6-7-11(13)15)17-14(18)12-5-3-2-4-8-16-12/h6-7,9,12,16H,2-5,8H2,1H3,(H,17,18). The lowest BCUT2D eigenvalue weighted by Gasteiger charge is -2.16. The van der Waals surface area contributed by atoms with E-state index in [0.29, 0.717) is 5.69 Å². The first-order valence-electron chi connectivity index (χ1n) is 6.58. The summed E-state index contributed by atoms with van der Waals surface area (Å²) in [7, 11) is 1.40. The van der Waals surface area contributed by atoms with E-state index < -0.39 is 5.82 Å². The molecule has 4 nitrogen and oxygen atoms in total. The predicted molar refractivity (Wildman–Crippen MR) is 71.8 cm³/mol. The molecule has 0 aliphatic carbocycles. The number of carbonyl (C=O) groups excluding carboxylic acids is 1. The number of methoxy groups -OCH3 is 1. The molecule has 2 rings (SSSR count). The second-order valence-electron chi connectivity index (χ2n) is 4.69. The van der Waals surface area contributed by atoms with Crippen molar-refractivity contribution in [2.45, 2.75) is 31.7 Å². The van der Waals surface area contributed by atoms with Crippen LogP contribution in [-0.4, -0.2) is 25.6 Å². The summed E-state index contributed by atoms with van der Waals surface area (Å²) < 4.78 is 18.2. The van der Waals surface area contributed by atoms with Crippen LogP contribution in [0.4, 0.5) is 10.1 Å². The van der Waals surface area contributed by atoms with Gasteiger partial charge in [-0.25, -0.2) is 4.39 Å². The molecule has 104 valence electrons. The molecule has 0 radical (unpaired) electrons. The van der Waals surface area contributed by atoms with Crippen molar-refractivity contribution in [3.8, 4) is 5.75 Å². The van der Waals surface area contributed by atoms with Crippen molar-refractivity contribution in [3.05, 3.63) is 24.0 Å². The van der Waals surface area contributed by atoms with Gasteiger partial charge in [-0.3, -0.25) is 4.79 Å².